The van der Waals surface area contributed by atoms with Gasteiger partial charge in [0.15, 0.2) is 11.6 Å². The van der Waals surface area contributed by atoms with Gasteiger partial charge in [0.1, 0.15) is 0 Å². The summed E-state index contributed by atoms with van der Waals surface area (Å²) < 4.78 is 14.2. The molecule has 2 aromatic heterocycles. The molecule has 1 unspecified atom stereocenters. The van der Waals surface area contributed by atoms with Gasteiger partial charge < -0.3 is 10.6 Å². The highest BCUT2D eigenvalue weighted by atomic mass is 19.1. The molecule has 1 amide bonds. The fourth-order valence-electron chi connectivity index (χ4n) is 1.89. The largest absolute Gasteiger partial charge is 0.368 e. The number of hydrogen-bond acceptors (Lipinski definition) is 4. The van der Waals surface area contributed by atoms with Crippen molar-refractivity contribution in [3.05, 3.63) is 53.7 Å². The number of aromatic nitrogens is 2. The second-order valence-corrected chi connectivity index (χ2v) is 4.50. The standard InChI is InChI=1S/C15H17FN4O/c1-3-17-14-13(16)11(7-9-19-14)15(21)20-10(2)12-6-4-5-8-18-12/h4-10H,3H2,1-2H3,(H,17,19)(H,20,21). The number of carbonyl (C=O) groups excluding carboxylic acids is 1. The lowest BCUT2D eigenvalue weighted by Crippen LogP contribution is -2.28. The summed E-state index contributed by atoms with van der Waals surface area (Å²) in [6.07, 6.45) is 3.05. The van der Waals surface area contributed by atoms with E-state index in [2.05, 4.69) is 20.6 Å². The van der Waals surface area contributed by atoms with Crippen LogP contribution in [0, 0.1) is 5.82 Å². The van der Waals surface area contributed by atoms with Crippen LogP contribution in [-0.2, 0) is 0 Å². The predicted molar refractivity (Wildman–Crippen MR) is 78.5 cm³/mol. The molecule has 6 heteroatoms. The molecule has 110 valence electrons. The Bertz CT molecular complexity index is 618. The second-order valence-electron chi connectivity index (χ2n) is 4.50. The van der Waals surface area contributed by atoms with Gasteiger partial charge >= 0.3 is 0 Å². The van der Waals surface area contributed by atoms with Gasteiger partial charge in [0.25, 0.3) is 5.91 Å². The van der Waals surface area contributed by atoms with Crippen molar-refractivity contribution in [1.82, 2.24) is 15.3 Å². The lowest BCUT2D eigenvalue weighted by molar-refractivity contribution is 0.0935. The molecule has 0 aromatic carbocycles. The third-order valence-electron chi connectivity index (χ3n) is 2.96. The normalized spacial score (nSPS) is 11.8. The molecule has 1 atom stereocenters. The van der Waals surface area contributed by atoms with Crippen molar-refractivity contribution in [2.45, 2.75) is 19.9 Å². The molecule has 2 heterocycles. The minimum absolute atomic E-state index is 0.0382. The highest BCUT2D eigenvalue weighted by Gasteiger charge is 2.18. The van der Waals surface area contributed by atoms with Gasteiger partial charge in [0.05, 0.1) is 17.3 Å². The summed E-state index contributed by atoms with van der Waals surface area (Å²) in [6.45, 7) is 4.15. The molecule has 0 aliphatic carbocycles. The Labute approximate surface area is 122 Å². The van der Waals surface area contributed by atoms with Gasteiger partial charge in [0, 0.05) is 18.9 Å². The van der Waals surface area contributed by atoms with Gasteiger partial charge in [-0.15, -0.1) is 0 Å². The average molecular weight is 288 g/mol. The number of anilines is 1. The van der Waals surface area contributed by atoms with Crippen molar-refractivity contribution in [1.29, 1.82) is 0 Å². The van der Waals surface area contributed by atoms with Gasteiger partial charge in [-0.1, -0.05) is 6.07 Å². The molecule has 0 saturated heterocycles. The van der Waals surface area contributed by atoms with E-state index >= 15 is 0 Å². The summed E-state index contributed by atoms with van der Waals surface area (Å²) in [5.74, 6) is -1.06. The van der Waals surface area contributed by atoms with Crippen LogP contribution in [0.25, 0.3) is 0 Å². The van der Waals surface area contributed by atoms with Crippen molar-refractivity contribution in [3.8, 4) is 0 Å². The SMILES string of the molecule is CCNc1nccc(C(=O)NC(C)c2ccccn2)c1F. The Balaban J connectivity index is 2.15. The summed E-state index contributed by atoms with van der Waals surface area (Å²) in [6, 6.07) is 6.48. The summed E-state index contributed by atoms with van der Waals surface area (Å²) in [5.41, 5.74) is 0.677. The van der Waals surface area contributed by atoms with E-state index in [1.807, 2.05) is 13.0 Å². The molecule has 0 aliphatic rings. The van der Waals surface area contributed by atoms with E-state index < -0.39 is 11.7 Å². The number of pyridine rings is 2. The fraction of sp³-hybridized carbons (Fsp3) is 0.267. The van der Waals surface area contributed by atoms with Crippen LogP contribution in [0.2, 0.25) is 0 Å². The second kappa shape index (κ2) is 6.78. The topological polar surface area (TPSA) is 66.9 Å². The zero-order chi connectivity index (χ0) is 15.2. The monoisotopic (exact) mass is 288 g/mol. The van der Waals surface area contributed by atoms with Crippen molar-refractivity contribution < 1.29 is 9.18 Å². The molecular weight excluding hydrogens is 271 g/mol. The highest BCUT2D eigenvalue weighted by Crippen LogP contribution is 2.16. The maximum Gasteiger partial charge on any atom is 0.254 e. The van der Waals surface area contributed by atoms with Crippen LogP contribution in [-0.4, -0.2) is 22.4 Å². The summed E-state index contributed by atoms with van der Waals surface area (Å²) >= 11 is 0. The molecule has 0 bridgehead atoms. The molecule has 0 fully saturated rings. The van der Waals surface area contributed by atoms with Gasteiger partial charge in [-0.2, -0.15) is 0 Å². The van der Waals surface area contributed by atoms with Gasteiger partial charge in [0.2, 0.25) is 0 Å². The van der Waals surface area contributed by atoms with Gasteiger partial charge in [-0.3, -0.25) is 9.78 Å². The van der Waals surface area contributed by atoms with Crippen molar-refractivity contribution in [2.75, 3.05) is 11.9 Å². The molecular formula is C15H17FN4O. The highest BCUT2D eigenvalue weighted by molar-refractivity contribution is 5.95. The Morgan fingerprint density at radius 3 is 2.76 bits per heavy atom. The number of halogens is 1. The first-order chi connectivity index (χ1) is 10.1. The third-order valence-corrected chi connectivity index (χ3v) is 2.96. The van der Waals surface area contributed by atoms with Crippen molar-refractivity contribution in [3.63, 3.8) is 0 Å². The molecule has 0 saturated carbocycles. The third kappa shape index (κ3) is 3.53. The predicted octanol–water partition coefficient (Wildman–Crippen LogP) is 2.54. The van der Waals surface area contributed by atoms with E-state index in [0.29, 0.717) is 12.2 Å². The fourth-order valence-corrected chi connectivity index (χ4v) is 1.89. The average Bonchev–Trinajstić information content (AvgIpc) is 2.50. The van der Waals surface area contributed by atoms with Gasteiger partial charge in [-0.25, -0.2) is 9.37 Å². The quantitative estimate of drug-likeness (QED) is 0.887. The number of amides is 1. The molecule has 2 N–H and O–H groups in total. The van der Waals surface area contributed by atoms with E-state index in [-0.39, 0.29) is 17.4 Å². The Hall–Kier alpha value is -2.50. The van der Waals surface area contributed by atoms with E-state index in [1.165, 1.54) is 12.3 Å². The van der Waals surface area contributed by atoms with Crippen LogP contribution >= 0.6 is 0 Å². The van der Waals surface area contributed by atoms with Gasteiger partial charge in [-0.05, 0) is 32.0 Å². The molecule has 5 nitrogen and oxygen atoms in total. The number of hydrogen-bond donors (Lipinski definition) is 2. The maximum atomic E-state index is 14.2. The van der Waals surface area contributed by atoms with Crippen LogP contribution in [0.1, 0.15) is 35.9 Å². The summed E-state index contributed by atoms with van der Waals surface area (Å²) in [5, 5.41) is 5.50. The zero-order valence-electron chi connectivity index (χ0n) is 11.9. The van der Waals surface area contributed by atoms with Crippen LogP contribution < -0.4 is 10.6 Å². The van der Waals surface area contributed by atoms with Crippen LogP contribution in [0.15, 0.2) is 36.7 Å². The Kier molecular flexibility index (Phi) is 4.81. The number of nitrogens with one attached hydrogen (secondary N) is 2. The minimum atomic E-state index is -0.648. The number of rotatable bonds is 5. The first-order valence-corrected chi connectivity index (χ1v) is 6.73. The van der Waals surface area contributed by atoms with Crippen LogP contribution in [0.5, 0.6) is 0 Å². The lowest BCUT2D eigenvalue weighted by atomic mass is 10.1. The molecule has 0 aliphatic heterocycles. The first kappa shape index (κ1) is 14.9. The summed E-state index contributed by atoms with van der Waals surface area (Å²) in [4.78, 5) is 20.2. The molecule has 2 rings (SSSR count). The number of carbonyl (C=O) groups is 1. The molecule has 2 aromatic rings. The maximum absolute atomic E-state index is 14.2. The van der Waals surface area contributed by atoms with E-state index in [0.717, 1.165) is 0 Å². The zero-order valence-corrected chi connectivity index (χ0v) is 11.9. The van der Waals surface area contributed by atoms with Crippen molar-refractivity contribution >= 4 is 11.7 Å². The molecule has 0 radical (unpaired) electrons. The lowest BCUT2D eigenvalue weighted by Gasteiger charge is -2.14. The van der Waals surface area contributed by atoms with E-state index in [4.69, 9.17) is 0 Å². The Morgan fingerprint density at radius 1 is 1.29 bits per heavy atom. The minimum Gasteiger partial charge on any atom is -0.368 e. The summed E-state index contributed by atoms with van der Waals surface area (Å²) in [7, 11) is 0. The molecule has 21 heavy (non-hydrogen) atoms. The smallest absolute Gasteiger partial charge is 0.254 e. The number of nitrogens with zero attached hydrogens (tertiary/aromatic N) is 2. The molecule has 0 spiro atoms. The van der Waals surface area contributed by atoms with Crippen molar-refractivity contribution in [2.24, 2.45) is 0 Å². The Morgan fingerprint density at radius 2 is 2.10 bits per heavy atom. The first-order valence-electron chi connectivity index (χ1n) is 6.73. The van der Waals surface area contributed by atoms with Crippen LogP contribution in [0.4, 0.5) is 10.2 Å². The van der Waals surface area contributed by atoms with Crippen LogP contribution in [0.3, 0.4) is 0 Å². The van der Waals surface area contributed by atoms with E-state index in [9.17, 15) is 9.18 Å². The van der Waals surface area contributed by atoms with E-state index in [1.54, 1.807) is 25.3 Å².